The Labute approximate surface area is 143 Å². The molecule has 24 heavy (non-hydrogen) atoms. The molecule has 0 N–H and O–H groups in total. The first-order chi connectivity index (χ1) is 11.8. The Kier molecular flexibility index (Phi) is 3.85. The molecule has 0 radical (unpaired) electrons. The van der Waals surface area contributed by atoms with E-state index < -0.39 is 0 Å². The van der Waals surface area contributed by atoms with Crippen LogP contribution in [0.3, 0.4) is 0 Å². The third-order valence-electron chi connectivity index (χ3n) is 5.01. The molecule has 3 nitrogen and oxygen atoms in total. The number of benzene rings is 2. The summed E-state index contributed by atoms with van der Waals surface area (Å²) in [6.45, 7) is 4.22. The Balaban J connectivity index is 1.61. The molecule has 2 atom stereocenters. The number of nitrogens with zero attached hydrogens (tertiary/aromatic N) is 2. The molecule has 2 aromatic rings. The van der Waals surface area contributed by atoms with Gasteiger partial charge in [-0.2, -0.15) is 5.10 Å². The molecular weight excluding hydrogens is 296 g/mol. The monoisotopic (exact) mass is 318 g/mol. The maximum absolute atomic E-state index is 5.59. The predicted molar refractivity (Wildman–Crippen MR) is 97.4 cm³/mol. The topological polar surface area (TPSA) is 24.8 Å². The van der Waals surface area contributed by atoms with Crippen molar-refractivity contribution in [2.45, 2.75) is 18.9 Å². The Hall–Kier alpha value is -2.55. The van der Waals surface area contributed by atoms with Crippen molar-refractivity contribution in [1.29, 1.82) is 0 Å². The Bertz CT molecular complexity index is 779. The third kappa shape index (κ3) is 2.50. The van der Waals surface area contributed by atoms with Crippen LogP contribution in [0.4, 0.5) is 0 Å². The molecular formula is C21H22N2O. The van der Waals surface area contributed by atoms with Gasteiger partial charge >= 0.3 is 0 Å². The van der Waals surface area contributed by atoms with Crippen molar-refractivity contribution in [3.63, 3.8) is 0 Å². The molecule has 0 aromatic heterocycles. The minimum atomic E-state index is 0.307. The molecule has 2 aliphatic rings. The zero-order chi connectivity index (χ0) is 16.5. The van der Waals surface area contributed by atoms with Gasteiger partial charge in [0.2, 0.25) is 0 Å². The molecule has 0 saturated carbocycles. The van der Waals surface area contributed by atoms with Crippen LogP contribution < -0.4 is 4.74 Å². The molecule has 0 unspecified atom stereocenters. The van der Waals surface area contributed by atoms with Crippen LogP contribution in [0.25, 0.3) is 0 Å². The normalized spacial score (nSPS) is 21.7. The number of fused-ring (bicyclic) bond motifs is 3. The van der Waals surface area contributed by atoms with Crippen LogP contribution in [0.2, 0.25) is 0 Å². The number of hydrogen-bond donors (Lipinski definition) is 0. The molecule has 1 aliphatic carbocycles. The van der Waals surface area contributed by atoms with Gasteiger partial charge in [-0.3, -0.25) is 5.01 Å². The second-order valence-corrected chi connectivity index (χ2v) is 6.47. The summed E-state index contributed by atoms with van der Waals surface area (Å²) in [5.74, 6) is 1.35. The van der Waals surface area contributed by atoms with Gasteiger partial charge in [0, 0.05) is 18.5 Å². The lowest BCUT2D eigenvalue weighted by atomic mass is 9.77. The van der Waals surface area contributed by atoms with Crippen LogP contribution in [-0.4, -0.2) is 24.4 Å². The third-order valence-corrected chi connectivity index (χ3v) is 5.01. The van der Waals surface area contributed by atoms with E-state index in [-0.39, 0.29) is 0 Å². The van der Waals surface area contributed by atoms with Crippen LogP contribution in [-0.2, 0) is 6.42 Å². The molecule has 1 heterocycles. The summed E-state index contributed by atoms with van der Waals surface area (Å²) in [6, 6.07) is 17.4. The smallest absolute Gasteiger partial charge is 0.119 e. The van der Waals surface area contributed by atoms with E-state index in [1.165, 1.54) is 22.4 Å². The molecule has 0 spiro atoms. The Morgan fingerprint density at radius 3 is 2.79 bits per heavy atom. The highest BCUT2D eigenvalue weighted by Gasteiger charge is 2.39. The van der Waals surface area contributed by atoms with Gasteiger partial charge in [-0.25, -0.2) is 0 Å². The summed E-state index contributed by atoms with van der Waals surface area (Å²) in [5, 5.41) is 7.01. The first kappa shape index (κ1) is 15.0. The molecule has 3 heteroatoms. The molecule has 0 saturated heterocycles. The standard InChI is InChI=1S/C21H22N2O/c1-3-14-24-17-11-8-16(9-12-17)21-19-13-10-15-6-4-5-7-18(15)20(19)22-23(21)2/h3-9,11-12,19,21H,1,10,13-14H2,2H3/t19-,21+/m1/s1. The molecule has 0 fully saturated rings. The van der Waals surface area contributed by atoms with Gasteiger partial charge in [-0.05, 0) is 36.1 Å². The van der Waals surface area contributed by atoms with Gasteiger partial charge in [0.25, 0.3) is 0 Å². The lowest BCUT2D eigenvalue weighted by Crippen LogP contribution is -2.27. The van der Waals surface area contributed by atoms with Gasteiger partial charge < -0.3 is 4.74 Å². The van der Waals surface area contributed by atoms with Crippen molar-refractivity contribution < 1.29 is 4.74 Å². The lowest BCUT2D eigenvalue weighted by molar-refractivity contribution is 0.243. The summed E-state index contributed by atoms with van der Waals surface area (Å²) < 4.78 is 5.59. The van der Waals surface area contributed by atoms with E-state index in [0.29, 0.717) is 18.6 Å². The lowest BCUT2D eigenvalue weighted by Gasteiger charge is -2.29. The van der Waals surface area contributed by atoms with Crippen LogP contribution in [0.1, 0.15) is 29.2 Å². The van der Waals surface area contributed by atoms with E-state index in [1.54, 1.807) is 6.08 Å². The number of rotatable bonds is 4. The fourth-order valence-corrected chi connectivity index (χ4v) is 3.93. The zero-order valence-corrected chi connectivity index (χ0v) is 14.0. The number of aryl methyl sites for hydroxylation is 1. The SMILES string of the molecule is C=CCOc1ccc([C@H]2[C@@H]3CCc4ccccc4C3=NN2C)cc1. The van der Waals surface area contributed by atoms with Gasteiger partial charge in [-0.15, -0.1) is 0 Å². The summed E-state index contributed by atoms with van der Waals surface area (Å²) in [5.41, 5.74) is 5.30. The predicted octanol–water partition coefficient (Wildman–Crippen LogP) is 4.20. The van der Waals surface area contributed by atoms with E-state index in [1.807, 2.05) is 12.1 Å². The average Bonchev–Trinajstić information content (AvgIpc) is 2.97. The highest BCUT2D eigenvalue weighted by atomic mass is 16.5. The van der Waals surface area contributed by atoms with E-state index >= 15 is 0 Å². The molecule has 122 valence electrons. The van der Waals surface area contributed by atoms with Gasteiger partial charge in [0.15, 0.2) is 0 Å². The molecule has 1 aliphatic heterocycles. The van der Waals surface area contributed by atoms with Gasteiger partial charge in [0.1, 0.15) is 12.4 Å². The fraction of sp³-hybridized carbons (Fsp3) is 0.286. The number of hydrazone groups is 1. The fourth-order valence-electron chi connectivity index (χ4n) is 3.93. The maximum Gasteiger partial charge on any atom is 0.119 e. The van der Waals surface area contributed by atoms with E-state index in [9.17, 15) is 0 Å². The highest BCUT2D eigenvalue weighted by Crippen LogP contribution is 2.42. The first-order valence-electron chi connectivity index (χ1n) is 8.51. The minimum Gasteiger partial charge on any atom is -0.490 e. The van der Waals surface area contributed by atoms with Crippen LogP contribution in [0.5, 0.6) is 5.75 Å². The highest BCUT2D eigenvalue weighted by molar-refractivity contribution is 6.05. The van der Waals surface area contributed by atoms with Crippen molar-refractivity contribution in [1.82, 2.24) is 5.01 Å². The minimum absolute atomic E-state index is 0.307. The molecule has 4 rings (SSSR count). The average molecular weight is 318 g/mol. The van der Waals surface area contributed by atoms with E-state index in [4.69, 9.17) is 9.84 Å². The quantitative estimate of drug-likeness (QED) is 0.789. The van der Waals surface area contributed by atoms with Crippen LogP contribution in [0, 0.1) is 5.92 Å². The summed E-state index contributed by atoms with van der Waals surface area (Å²) in [6.07, 6.45) is 4.04. The van der Waals surface area contributed by atoms with Crippen molar-refractivity contribution in [3.8, 4) is 5.75 Å². The zero-order valence-electron chi connectivity index (χ0n) is 14.0. The first-order valence-corrected chi connectivity index (χ1v) is 8.51. The number of hydrogen-bond acceptors (Lipinski definition) is 3. The van der Waals surface area contributed by atoms with Crippen LogP contribution in [0.15, 0.2) is 66.3 Å². The summed E-state index contributed by atoms with van der Waals surface area (Å²) in [7, 11) is 2.08. The molecule has 2 aromatic carbocycles. The summed E-state index contributed by atoms with van der Waals surface area (Å²) in [4.78, 5) is 0. The Morgan fingerprint density at radius 2 is 2.00 bits per heavy atom. The van der Waals surface area contributed by atoms with Crippen LogP contribution >= 0.6 is 0 Å². The second-order valence-electron chi connectivity index (χ2n) is 6.47. The Morgan fingerprint density at radius 1 is 1.21 bits per heavy atom. The van der Waals surface area contributed by atoms with Gasteiger partial charge in [0.05, 0.1) is 11.8 Å². The van der Waals surface area contributed by atoms with Crippen molar-refractivity contribution in [3.05, 3.63) is 77.9 Å². The van der Waals surface area contributed by atoms with Gasteiger partial charge in [-0.1, -0.05) is 49.1 Å². The van der Waals surface area contributed by atoms with Crippen molar-refractivity contribution in [2.75, 3.05) is 13.7 Å². The largest absolute Gasteiger partial charge is 0.490 e. The van der Waals surface area contributed by atoms with Crippen molar-refractivity contribution in [2.24, 2.45) is 11.0 Å². The second kappa shape index (κ2) is 6.16. The maximum atomic E-state index is 5.59. The van der Waals surface area contributed by atoms with Crippen molar-refractivity contribution >= 4 is 5.71 Å². The summed E-state index contributed by atoms with van der Waals surface area (Å²) >= 11 is 0. The van der Waals surface area contributed by atoms with E-state index in [2.05, 4.69) is 55.0 Å². The molecule has 0 amide bonds. The van der Waals surface area contributed by atoms with E-state index in [0.717, 1.165) is 18.6 Å². The number of ether oxygens (including phenoxy) is 1. The molecule has 0 bridgehead atoms.